The Hall–Kier alpha value is -0.760. The molecule has 0 heterocycles. The SMILES string of the molecule is C=CO[C@@H]1C=C[C@H](O)CC1. The van der Waals surface area contributed by atoms with E-state index in [1.807, 2.05) is 6.08 Å². The van der Waals surface area contributed by atoms with Crippen LogP contribution in [0.4, 0.5) is 0 Å². The monoisotopic (exact) mass is 140 g/mol. The zero-order valence-electron chi connectivity index (χ0n) is 5.86. The Morgan fingerprint density at radius 1 is 1.50 bits per heavy atom. The van der Waals surface area contributed by atoms with E-state index in [0.717, 1.165) is 12.8 Å². The maximum atomic E-state index is 9.03. The van der Waals surface area contributed by atoms with Crippen LogP contribution in [0, 0.1) is 0 Å². The molecule has 0 aromatic carbocycles. The van der Waals surface area contributed by atoms with Crippen molar-refractivity contribution in [2.45, 2.75) is 25.0 Å². The summed E-state index contributed by atoms with van der Waals surface area (Å²) in [4.78, 5) is 0. The van der Waals surface area contributed by atoms with Gasteiger partial charge < -0.3 is 9.84 Å². The van der Waals surface area contributed by atoms with E-state index in [1.165, 1.54) is 6.26 Å². The summed E-state index contributed by atoms with van der Waals surface area (Å²) < 4.78 is 5.10. The molecule has 0 saturated carbocycles. The van der Waals surface area contributed by atoms with Crippen LogP contribution < -0.4 is 0 Å². The maximum Gasteiger partial charge on any atom is 0.116 e. The van der Waals surface area contributed by atoms with Crippen LogP contribution in [0.15, 0.2) is 25.0 Å². The first-order chi connectivity index (χ1) is 4.83. The summed E-state index contributed by atoms with van der Waals surface area (Å²) in [5.41, 5.74) is 0. The number of ether oxygens (including phenoxy) is 1. The van der Waals surface area contributed by atoms with Gasteiger partial charge >= 0.3 is 0 Å². The van der Waals surface area contributed by atoms with Gasteiger partial charge in [0.15, 0.2) is 0 Å². The molecule has 0 aromatic rings. The van der Waals surface area contributed by atoms with Crippen LogP contribution in [0.2, 0.25) is 0 Å². The lowest BCUT2D eigenvalue weighted by Crippen LogP contribution is -2.16. The molecule has 0 aromatic heterocycles. The molecule has 0 aliphatic heterocycles. The van der Waals surface area contributed by atoms with Gasteiger partial charge in [0.2, 0.25) is 0 Å². The molecule has 1 rings (SSSR count). The average molecular weight is 140 g/mol. The van der Waals surface area contributed by atoms with E-state index in [4.69, 9.17) is 9.84 Å². The molecule has 0 amide bonds. The van der Waals surface area contributed by atoms with Gasteiger partial charge in [-0.25, -0.2) is 0 Å². The second-order valence-corrected chi connectivity index (χ2v) is 2.37. The molecular formula is C8H12O2. The normalized spacial score (nSPS) is 31.7. The van der Waals surface area contributed by atoms with E-state index < -0.39 is 0 Å². The second-order valence-electron chi connectivity index (χ2n) is 2.37. The fourth-order valence-electron chi connectivity index (χ4n) is 1.02. The topological polar surface area (TPSA) is 29.5 Å². The zero-order valence-corrected chi connectivity index (χ0v) is 5.86. The van der Waals surface area contributed by atoms with Crippen molar-refractivity contribution in [2.75, 3.05) is 0 Å². The lowest BCUT2D eigenvalue weighted by Gasteiger charge is -2.18. The van der Waals surface area contributed by atoms with Gasteiger partial charge in [-0.15, -0.1) is 0 Å². The summed E-state index contributed by atoms with van der Waals surface area (Å²) >= 11 is 0. The van der Waals surface area contributed by atoms with Gasteiger partial charge in [0.25, 0.3) is 0 Å². The molecule has 56 valence electrons. The molecular weight excluding hydrogens is 128 g/mol. The van der Waals surface area contributed by atoms with Gasteiger partial charge in [-0.2, -0.15) is 0 Å². The van der Waals surface area contributed by atoms with E-state index in [-0.39, 0.29) is 12.2 Å². The van der Waals surface area contributed by atoms with Crippen molar-refractivity contribution in [2.24, 2.45) is 0 Å². The first-order valence-electron chi connectivity index (χ1n) is 3.45. The Morgan fingerprint density at radius 3 is 2.80 bits per heavy atom. The summed E-state index contributed by atoms with van der Waals surface area (Å²) in [6.07, 6.45) is 6.59. The van der Waals surface area contributed by atoms with Crippen molar-refractivity contribution in [3.05, 3.63) is 25.0 Å². The smallest absolute Gasteiger partial charge is 0.116 e. The van der Waals surface area contributed by atoms with Crippen LogP contribution in [0.1, 0.15) is 12.8 Å². The summed E-state index contributed by atoms with van der Waals surface area (Å²) in [5.74, 6) is 0. The minimum Gasteiger partial charge on any atom is -0.495 e. The van der Waals surface area contributed by atoms with Gasteiger partial charge in [-0.3, -0.25) is 0 Å². The zero-order chi connectivity index (χ0) is 7.40. The highest BCUT2D eigenvalue weighted by Gasteiger charge is 2.12. The first-order valence-corrected chi connectivity index (χ1v) is 3.45. The fourth-order valence-corrected chi connectivity index (χ4v) is 1.02. The van der Waals surface area contributed by atoms with E-state index in [0.29, 0.717) is 0 Å². The molecule has 2 heteroatoms. The molecule has 1 aliphatic rings. The van der Waals surface area contributed by atoms with E-state index >= 15 is 0 Å². The predicted molar refractivity (Wildman–Crippen MR) is 39.5 cm³/mol. The van der Waals surface area contributed by atoms with Crippen LogP contribution in [0.3, 0.4) is 0 Å². The quantitative estimate of drug-likeness (QED) is 0.461. The van der Waals surface area contributed by atoms with Gasteiger partial charge in [0.05, 0.1) is 12.4 Å². The van der Waals surface area contributed by atoms with Crippen molar-refractivity contribution in [1.29, 1.82) is 0 Å². The average Bonchev–Trinajstić information content (AvgIpc) is 1.95. The molecule has 2 atom stereocenters. The van der Waals surface area contributed by atoms with Crippen molar-refractivity contribution >= 4 is 0 Å². The molecule has 0 saturated heterocycles. The Labute approximate surface area is 60.8 Å². The fraction of sp³-hybridized carbons (Fsp3) is 0.500. The highest BCUT2D eigenvalue weighted by molar-refractivity contribution is 4.99. The molecule has 0 fully saturated rings. The Morgan fingerprint density at radius 2 is 2.30 bits per heavy atom. The van der Waals surface area contributed by atoms with Crippen molar-refractivity contribution in [3.63, 3.8) is 0 Å². The molecule has 1 N–H and O–H groups in total. The standard InChI is InChI=1S/C8H12O2/c1-2-10-8-5-3-7(9)4-6-8/h2-3,5,7-9H,1,4,6H2/t7-,8+/m0/s1. The highest BCUT2D eigenvalue weighted by atomic mass is 16.5. The molecule has 0 unspecified atom stereocenters. The third-order valence-electron chi connectivity index (χ3n) is 1.57. The van der Waals surface area contributed by atoms with Crippen LogP contribution in [0.5, 0.6) is 0 Å². The number of aliphatic hydroxyl groups excluding tert-OH is 1. The van der Waals surface area contributed by atoms with Crippen LogP contribution in [-0.2, 0) is 4.74 Å². The van der Waals surface area contributed by atoms with Gasteiger partial charge in [0.1, 0.15) is 6.10 Å². The van der Waals surface area contributed by atoms with E-state index in [2.05, 4.69) is 6.58 Å². The third-order valence-corrected chi connectivity index (χ3v) is 1.57. The molecule has 0 spiro atoms. The molecule has 10 heavy (non-hydrogen) atoms. The summed E-state index contributed by atoms with van der Waals surface area (Å²) in [7, 11) is 0. The minimum atomic E-state index is -0.273. The highest BCUT2D eigenvalue weighted by Crippen LogP contribution is 2.13. The van der Waals surface area contributed by atoms with E-state index in [9.17, 15) is 0 Å². The maximum absolute atomic E-state index is 9.03. The Bertz CT molecular complexity index is 140. The summed E-state index contributed by atoms with van der Waals surface area (Å²) in [5, 5.41) is 9.03. The van der Waals surface area contributed by atoms with Crippen molar-refractivity contribution in [1.82, 2.24) is 0 Å². The minimum absolute atomic E-state index is 0.126. The summed E-state index contributed by atoms with van der Waals surface area (Å²) in [6.45, 7) is 3.46. The largest absolute Gasteiger partial charge is 0.495 e. The van der Waals surface area contributed by atoms with Crippen LogP contribution in [-0.4, -0.2) is 17.3 Å². The van der Waals surface area contributed by atoms with Crippen LogP contribution >= 0.6 is 0 Å². The molecule has 0 bridgehead atoms. The number of aliphatic hydroxyl groups is 1. The molecule has 1 aliphatic carbocycles. The Balaban J connectivity index is 2.37. The molecule has 0 radical (unpaired) electrons. The number of hydrogen-bond donors (Lipinski definition) is 1. The molecule has 2 nitrogen and oxygen atoms in total. The van der Waals surface area contributed by atoms with Gasteiger partial charge in [-0.1, -0.05) is 12.7 Å². The van der Waals surface area contributed by atoms with Crippen molar-refractivity contribution in [3.8, 4) is 0 Å². The van der Waals surface area contributed by atoms with Gasteiger partial charge in [0, 0.05) is 0 Å². The second kappa shape index (κ2) is 3.42. The predicted octanol–water partition coefficient (Wildman–Crippen LogP) is 1.23. The van der Waals surface area contributed by atoms with Gasteiger partial charge in [-0.05, 0) is 18.9 Å². The third kappa shape index (κ3) is 1.88. The lowest BCUT2D eigenvalue weighted by atomic mass is 10.0. The number of hydrogen-bond acceptors (Lipinski definition) is 2. The number of rotatable bonds is 2. The van der Waals surface area contributed by atoms with E-state index in [1.54, 1.807) is 6.08 Å². The first kappa shape index (κ1) is 7.35. The lowest BCUT2D eigenvalue weighted by molar-refractivity contribution is 0.130. The summed E-state index contributed by atoms with van der Waals surface area (Å²) in [6, 6.07) is 0. The van der Waals surface area contributed by atoms with Crippen LogP contribution in [0.25, 0.3) is 0 Å². The Kier molecular flexibility index (Phi) is 2.51. The van der Waals surface area contributed by atoms with Crippen molar-refractivity contribution < 1.29 is 9.84 Å².